The molecule has 0 aliphatic carbocycles. The molecule has 52 valence electrons. The van der Waals surface area contributed by atoms with E-state index in [1.54, 1.807) is 0 Å². The first kappa shape index (κ1) is 6.41. The van der Waals surface area contributed by atoms with Crippen molar-refractivity contribution >= 4 is 29.8 Å². The Kier molecular flexibility index (Phi) is 1.39. The number of aromatic amines is 1. The SMILES string of the molecule is C=Bc1cccc2[nH]ccc12. The third-order valence-electron chi connectivity index (χ3n) is 1.85. The van der Waals surface area contributed by atoms with Gasteiger partial charge in [0.2, 0.25) is 0 Å². The van der Waals surface area contributed by atoms with Crippen molar-refractivity contribution in [3.8, 4) is 0 Å². The first-order chi connectivity index (χ1) is 5.42. The van der Waals surface area contributed by atoms with Gasteiger partial charge in [0.15, 0.2) is 0 Å². The van der Waals surface area contributed by atoms with E-state index in [1.807, 2.05) is 19.2 Å². The number of rotatable bonds is 1. The van der Waals surface area contributed by atoms with Crippen molar-refractivity contribution in [1.29, 1.82) is 0 Å². The Morgan fingerprint density at radius 3 is 3.00 bits per heavy atom. The van der Waals surface area contributed by atoms with E-state index in [4.69, 9.17) is 0 Å². The van der Waals surface area contributed by atoms with Gasteiger partial charge in [0, 0.05) is 0 Å². The fraction of sp³-hybridized carbons (Fsp3) is 0. The van der Waals surface area contributed by atoms with Crippen LogP contribution in [0.4, 0.5) is 0 Å². The van der Waals surface area contributed by atoms with Crippen molar-refractivity contribution in [3.63, 3.8) is 0 Å². The molecule has 2 heteroatoms. The molecule has 0 fully saturated rings. The molecule has 11 heavy (non-hydrogen) atoms. The number of hydrogen-bond donors (Lipinski definition) is 1. The van der Waals surface area contributed by atoms with Gasteiger partial charge in [-0.3, -0.25) is 0 Å². The summed E-state index contributed by atoms with van der Waals surface area (Å²) in [5, 5.41) is 1.24. The Balaban J connectivity index is 2.88. The van der Waals surface area contributed by atoms with Gasteiger partial charge in [-0.1, -0.05) is 0 Å². The first-order valence-electron chi connectivity index (χ1n) is 3.60. The maximum atomic E-state index is 3.75. The van der Waals surface area contributed by atoms with E-state index in [-0.39, 0.29) is 0 Å². The van der Waals surface area contributed by atoms with Crippen LogP contribution in [0.3, 0.4) is 0 Å². The molecule has 0 atom stereocenters. The van der Waals surface area contributed by atoms with Gasteiger partial charge in [-0.25, -0.2) is 0 Å². The Morgan fingerprint density at radius 1 is 1.27 bits per heavy atom. The summed E-state index contributed by atoms with van der Waals surface area (Å²) in [6, 6.07) is 8.20. The van der Waals surface area contributed by atoms with Crippen LogP contribution >= 0.6 is 0 Å². The molecule has 1 heterocycles. The van der Waals surface area contributed by atoms with Crippen LogP contribution in [0, 0.1) is 0 Å². The second kappa shape index (κ2) is 2.38. The molecule has 1 aromatic carbocycles. The number of benzene rings is 1. The van der Waals surface area contributed by atoms with Gasteiger partial charge >= 0.3 is 65.2 Å². The van der Waals surface area contributed by atoms with E-state index in [0.29, 0.717) is 0 Å². The Labute approximate surface area is 66.0 Å². The minimum absolute atomic E-state index is 1.17. The number of nitrogens with one attached hydrogen (secondary N) is 1. The topological polar surface area (TPSA) is 15.8 Å². The molecule has 0 radical (unpaired) electrons. The van der Waals surface area contributed by atoms with Gasteiger partial charge in [-0.2, -0.15) is 0 Å². The quantitative estimate of drug-likeness (QED) is 0.568. The predicted molar refractivity (Wildman–Crippen MR) is 50.8 cm³/mol. The summed E-state index contributed by atoms with van der Waals surface area (Å²) in [4.78, 5) is 3.15. The molecular weight excluding hydrogens is 133 g/mol. The Hall–Kier alpha value is -1.31. The van der Waals surface area contributed by atoms with E-state index >= 15 is 0 Å². The van der Waals surface area contributed by atoms with Gasteiger partial charge in [-0.15, -0.1) is 0 Å². The zero-order valence-electron chi connectivity index (χ0n) is 6.17. The monoisotopic (exact) mass is 141 g/mol. The molecule has 0 unspecified atom stereocenters. The fourth-order valence-corrected chi connectivity index (χ4v) is 1.29. The molecular formula is C9H8BN. The van der Waals surface area contributed by atoms with Gasteiger partial charge in [-0.05, 0) is 0 Å². The van der Waals surface area contributed by atoms with E-state index in [1.165, 1.54) is 16.4 Å². The number of fused-ring (bicyclic) bond motifs is 1. The summed E-state index contributed by atoms with van der Waals surface area (Å²) in [7, 11) is 0. The third-order valence-corrected chi connectivity index (χ3v) is 1.85. The van der Waals surface area contributed by atoms with Crippen LogP contribution in [-0.4, -0.2) is 18.4 Å². The molecule has 2 rings (SSSR count). The van der Waals surface area contributed by atoms with E-state index in [9.17, 15) is 0 Å². The Morgan fingerprint density at radius 2 is 2.18 bits per heavy atom. The van der Waals surface area contributed by atoms with Crippen LogP contribution in [-0.2, 0) is 0 Å². The number of aromatic nitrogens is 1. The molecule has 1 N–H and O–H groups in total. The summed E-state index contributed by atoms with van der Waals surface area (Å²) in [6.45, 7) is 5.62. The molecule has 0 saturated heterocycles. The zero-order valence-corrected chi connectivity index (χ0v) is 6.17. The Bertz CT molecular complexity index is 389. The van der Waals surface area contributed by atoms with Crippen LogP contribution < -0.4 is 5.46 Å². The molecule has 0 amide bonds. The molecule has 1 aromatic heterocycles. The van der Waals surface area contributed by atoms with Gasteiger partial charge in [0.1, 0.15) is 0 Å². The minimum atomic E-state index is 1.17. The summed E-state index contributed by atoms with van der Waals surface area (Å²) in [6.07, 6.45) is 1.94. The van der Waals surface area contributed by atoms with Crippen LogP contribution in [0.1, 0.15) is 0 Å². The summed E-state index contributed by atoms with van der Waals surface area (Å²) < 4.78 is 0. The molecule has 0 saturated carbocycles. The van der Waals surface area contributed by atoms with Crippen molar-refractivity contribution < 1.29 is 0 Å². The summed E-state index contributed by atoms with van der Waals surface area (Å²) >= 11 is 0. The molecule has 0 spiro atoms. The molecule has 2 aromatic rings. The number of hydrogen-bond acceptors (Lipinski definition) is 0. The van der Waals surface area contributed by atoms with Crippen LogP contribution in [0.5, 0.6) is 0 Å². The average molecular weight is 141 g/mol. The van der Waals surface area contributed by atoms with E-state index < -0.39 is 0 Å². The fourth-order valence-electron chi connectivity index (χ4n) is 1.29. The van der Waals surface area contributed by atoms with Gasteiger partial charge in [0.05, 0.1) is 0 Å². The van der Waals surface area contributed by atoms with Crippen LogP contribution in [0.25, 0.3) is 10.9 Å². The van der Waals surface area contributed by atoms with Crippen molar-refractivity contribution in [2.24, 2.45) is 0 Å². The van der Waals surface area contributed by atoms with Crippen LogP contribution in [0.2, 0.25) is 0 Å². The van der Waals surface area contributed by atoms with Crippen LogP contribution in [0.15, 0.2) is 30.5 Å². The molecule has 1 nitrogen and oxygen atoms in total. The molecule has 0 aliphatic rings. The average Bonchev–Trinajstić information content (AvgIpc) is 2.50. The zero-order chi connectivity index (χ0) is 7.68. The van der Waals surface area contributed by atoms with Crippen molar-refractivity contribution in [2.45, 2.75) is 0 Å². The molecule has 0 bridgehead atoms. The van der Waals surface area contributed by atoms with Crippen molar-refractivity contribution in [3.05, 3.63) is 30.5 Å². The van der Waals surface area contributed by atoms with Crippen molar-refractivity contribution in [2.75, 3.05) is 0 Å². The second-order valence-corrected chi connectivity index (χ2v) is 2.49. The third kappa shape index (κ3) is 0.910. The van der Waals surface area contributed by atoms with E-state index in [2.05, 4.69) is 29.7 Å². The number of H-pyrrole nitrogens is 1. The van der Waals surface area contributed by atoms with Gasteiger partial charge < -0.3 is 0 Å². The summed E-state index contributed by atoms with van der Waals surface area (Å²) in [5.41, 5.74) is 2.35. The summed E-state index contributed by atoms with van der Waals surface area (Å²) in [5.74, 6) is 0. The molecule has 0 aliphatic heterocycles. The van der Waals surface area contributed by atoms with Gasteiger partial charge in [0.25, 0.3) is 0 Å². The maximum absolute atomic E-state index is 3.75. The second-order valence-electron chi connectivity index (χ2n) is 2.49. The van der Waals surface area contributed by atoms with Crippen molar-refractivity contribution in [1.82, 2.24) is 4.98 Å². The standard InChI is InChI=1S/C9H8BN/c1-10-8-3-2-4-9-7(8)5-6-11-9/h2-6,11H,1H2. The normalized spacial score (nSPS) is 9.82. The first-order valence-corrected chi connectivity index (χ1v) is 3.60. The predicted octanol–water partition coefficient (Wildman–Crippen LogP) is 0.929. The van der Waals surface area contributed by atoms with E-state index in [0.717, 1.165) is 0 Å².